The summed E-state index contributed by atoms with van der Waals surface area (Å²) < 4.78 is 43.5. The topological polar surface area (TPSA) is 101 Å². The number of benzene rings is 1. The second-order valence-electron chi connectivity index (χ2n) is 4.85. The predicted molar refractivity (Wildman–Crippen MR) is 71.9 cm³/mol. The summed E-state index contributed by atoms with van der Waals surface area (Å²) in [5.74, 6) is -2.55. The first-order valence-corrected chi connectivity index (χ1v) is 7.83. The lowest BCUT2D eigenvalue weighted by Crippen LogP contribution is -2.40. The van der Waals surface area contributed by atoms with Gasteiger partial charge in [0.2, 0.25) is 10.0 Å². The molecule has 1 aliphatic rings. The van der Waals surface area contributed by atoms with Crippen LogP contribution in [0.1, 0.15) is 13.3 Å². The number of rotatable bonds is 4. The number of aliphatic carboxylic acids is 1. The van der Waals surface area contributed by atoms with Crippen LogP contribution in [0.4, 0.5) is 4.39 Å². The molecule has 1 saturated heterocycles. The standard InChI is InChI=1S/C13H14FNO6S/c1-8(16)21-10-6-12(13(17)18)15(7-10)22(19,20)11-4-2-9(14)3-5-11/h2-5,10,12H,6-7H2,1H3,(H,17,18)/t10-,12-/m0/s1. The number of hydrogen-bond donors (Lipinski definition) is 1. The van der Waals surface area contributed by atoms with Crippen LogP contribution in [0.25, 0.3) is 0 Å². The maximum atomic E-state index is 12.9. The van der Waals surface area contributed by atoms with Crippen molar-refractivity contribution >= 4 is 22.0 Å². The highest BCUT2D eigenvalue weighted by molar-refractivity contribution is 7.89. The third-order valence-electron chi connectivity index (χ3n) is 3.26. The van der Waals surface area contributed by atoms with E-state index in [0.717, 1.165) is 35.5 Å². The highest BCUT2D eigenvalue weighted by Crippen LogP contribution is 2.28. The van der Waals surface area contributed by atoms with Crippen LogP contribution >= 0.6 is 0 Å². The molecule has 0 amide bonds. The van der Waals surface area contributed by atoms with E-state index >= 15 is 0 Å². The van der Waals surface area contributed by atoms with Crippen LogP contribution in [0.2, 0.25) is 0 Å². The summed E-state index contributed by atoms with van der Waals surface area (Å²) in [5, 5.41) is 9.18. The van der Waals surface area contributed by atoms with Crippen molar-refractivity contribution in [2.24, 2.45) is 0 Å². The fraction of sp³-hybridized carbons (Fsp3) is 0.385. The highest BCUT2D eigenvalue weighted by atomic mass is 32.2. The van der Waals surface area contributed by atoms with Gasteiger partial charge in [-0.1, -0.05) is 0 Å². The Morgan fingerprint density at radius 3 is 2.41 bits per heavy atom. The molecule has 0 bridgehead atoms. The largest absolute Gasteiger partial charge is 0.480 e. The van der Waals surface area contributed by atoms with E-state index in [1.807, 2.05) is 0 Å². The molecule has 2 rings (SSSR count). The van der Waals surface area contributed by atoms with Gasteiger partial charge in [0.1, 0.15) is 18.0 Å². The number of hydrogen-bond acceptors (Lipinski definition) is 5. The average molecular weight is 331 g/mol. The smallest absolute Gasteiger partial charge is 0.322 e. The van der Waals surface area contributed by atoms with Gasteiger partial charge in [-0.25, -0.2) is 12.8 Å². The van der Waals surface area contributed by atoms with Crippen LogP contribution in [-0.4, -0.2) is 48.5 Å². The molecule has 1 heterocycles. The third kappa shape index (κ3) is 3.25. The van der Waals surface area contributed by atoms with Gasteiger partial charge in [-0.15, -0.1) is 0 Å². The molecule has 0 radical (unpaired) electrons. The molecule has 1 aromatic rings. The fourth-order valence-electron chi connectivity index (χ4n) is 2.32. The van der Waals surface area contributed by atoms with Gasteiger partial charge in [0, 0.05) is 13.3 Å². The predicted octanol–water partition coefficient (Wildman–Crippen LogP) is 0.605. The lowest BCUT2D eigenvalue weighted by atomic mass is 10.2. The van der Waals surface area contributed by atoms with Crippen molar-refractivity contribution in [1.82, 2.24) is 4.31 Å². The van der Waals surface area contributed by atoms with Crippen molar-refractivity contribution in [1.29, 1.82) is 0 Å². The maximum absolute atomic E-state index is 12.9. The molecule has 120 valence electrons. The summed E-state index contributed by atoms with van der Waals surface area (Å²) in [5.41, 5.74) is 0. The summed E-state index contributed by atoms with van der Waals surface area (Å²) in [6.45, 7) is 0.906. The quantitative estimate of drug-likeness (QED) is 0.811. The molecule has 7 nitrogen and oxygen atoms in total. The molecule has 1 N–H and O–H groups in total. The van der Waals surface area contributed by atoms with E-state index in [9.17, 15) is 27.5 Å². The number of sulfonamides is 1. The summed E-state index contributed by atoms with van der Waals surface area (Å²) >= 11 is 0. The van der Waals surface area contributed by atoms with Gasteiger partial charge in [-0.3, -0.25) is 9.59 Å². The number of esters is 1. The second kappa shape index (κ2) is 6.01. The van der Waals surface area contributed by atoms with Gasteiger partial charge < -0.3 is 9.84 Å². The Kier molecular flexibility index (Phi) is 4.47. The van der Waals surface area contributed by atoms with E-state index < -0.39 is 39.9 Å². The molecule has 1 aromatic carbocycles. The van der Waals surface area contributed by atoms with Crippen LogP contribution in [0.3, 0.4) is 0 Å². The minimum absolute atomic E-state index is 0.130. The normalized spacial score (nSPS) is 22.5. The monoisotopic (exact) mass is 331 g/mol. The van der Waals surface area contributed by atoms with E-state index in [1.54, 1.807) is 0 Å². The van der Waals surface area contributed by atoms with Gasteiger partial charge in [-0.2, -0.15) is 4.31 Å². The van der Waals surface area contributed by atoms with E-state index in [-0.39, 0.29) is 17.9 Å². The van der Waals surface area contributed by atoms with Crippen molar-refractivity contribution in [3.63, 3.8) is 0 Å². The number of carboxylic acids is 1. The molecular weight excluding hydrogens is 317 g/mol. The molecule has 9 heteroatoms. The van der Waals surface area contributed by atoms with Crippen molar-refractivity contribution in [3.8, 4) is 0 Å². The van der Waals surface area contributed by atoms with Crippen LogP contribution in [0.5, 0.6) is 0 Å². The van der Waals surface area contributed by atoms with Crippen LogP contribution in [0.15, 0.2) is 29.2 Å². The zero-order chi connectivity index (χ0) is 16.5. The maximum Gasteiger partial charge on any atom is 0.322 e. The molecule has 0 aromatic heterocycles. The lowest BCUT2D eigenvalue weighted by Gasteiger charge is -2.20. The number of carboxylic acid groups (broad SMARTS) is 1. The van der Waals surface area contributed by atoms with E-state index in [1.165, 1.54) is 0 Å². The van der Waals surface area contributed by atoms with Gasteiger partial charge in [0.25, 0.3) is 0 Å². The Morgan fingerprint density at radius 2 is 1.91 bits per heavy atom. The number of carbonyl (C=O) groups is 2. The zero-order valence-electron chi connectivity index (χ0n) is 11.6. The first kappa shape index (κ1) is 16.4. The summed E-state index contributed by atoms with van der Waals surface area (Å²) in [6, 6.07) is 2.73. The zero-order valence-corrected chi connectivity index (χ0v) is 12.4. The SMILES string of the molecule is CC(=O)O[C@H]1C[C@@H](C(=O)O)N(S(=O)(=O)c2ccc(F)cc2)C1. The number of halogens is 1. The van der Waals surface area contributed by atoms with Crippen molar-refractivity contribution < 1.29 is 32.2 Å². The molecule has 1 aliphatic heterocycles. The number of nitrogens with zero attached hydrogens (tertiary/aromatic N) is 1. The minimum atomic E-state index is -4.12. The molecule has 2 atom stereocenters. The van der Waals surface area contributed by atoms with Gasteiger partial charge in [0.15, 0.2) is 0 Å². The molecule has 22 heavy (non-hydrogen) atoms. The summed E-state index contributed by atoms with van der Waals surface area (Å²) in [6.07, 6.45) is -0.955. The van der Waals surface area contributed by atoms with E-state index in [0.29, 0.717) is 0 Å². The second-order valence-corrected chi connectivity index (χ2v) is 6.74. The fourth-order valence-corrected chi connectivity index (χ4v) is 3.95. The van der Waals surface area contributed by atoms with Crippen LogP contribution in [-0.2, 0) is 24.3 Å². The summed E-state index contributed by atoms with van der Waals surface area (Å²) in [4.78, 5) is 22.0. The molecule has 0 aliphatic carbocycles. The Hall–Kier alpha value is -2.00. The summed E-state index contributed by atoms with van der Waals surface area (Å²) in [7, 11) is -4.12. The van der Waals surface area contributed by atoms with Crippen molar-refractivity contribution in [3.05, 3.63) is 30.1 Å². The molecule has 0 unspecified atom stereocenters. The number of carbonyl (C=O) groups excluding carboxylic acids is 1. The highest BCUT2D eigenvalue weighted by Gasteiger charge is 2.45. The Bertz CT molecular complexity index is 687. The van der Waals surface area contributed by atoms with Crippen LogP contribution in [0, 0.1) is 5.82 Å². The van der Waals surface area contributed by atoms with Gasteiger partial charge >= 0.3 is 11.9 Å². The van der Waals surface area contributed by atoms with Crippen LogP contribution < -0.4 is 0 Å². The van der Waals surface area contributed by atoms with Gasteiger partial charge in [-0.05, 0) is 24.3 Å². The molecule has 0 saturated carbocycles. The van der Waals surface area contributed by atoms with Crippen molar-refractivity contribution in [2.45, 2.75) is 30.4 Å². The Morgan fingerprint density at radius 1 is 1.32 bits per heavy atom. The Labute approximate surface area is 126 Å². The molecule has 0 spiro atoms. The van der Waals surface area contributed by atoms with Gasteiger partial charge in [0.05, 0.1) is 11.4 Å². The van der Waals surface area contributed by atoms with E-state index in [4.69, 9.17) is 4.74 Å². The minimum Gasteiger partial charge on any atom is -0.480 e. The number of ether oxygens (including phenoxy) is 1. The first-order valence-electron chi connectivity index (χ1n) is 6.39. The van der Waals surface area contributed by atoms with E-state index in [2.05, 4.69) is 0 Å². The molecular formula is C13H14FNO6S. The third-order valence-corrected chi connectivity index (χ3v) is 5.14. The first-order chi connectivity index (χ1) is 10.2. The Balaban J connectivity index is 2.33. The lowest BCUT2D eigenvalue weighted by molar-refractivity contribution is -0.146. The molecule has 1 fully saturated rings. The average Bonchev–Trinajstić information content (AvgIpc) is 2.83. The van der Waals surface area contributed by atoms with Crippen molar-refractivity contribution in [2.75, 3.05) is 6.54 Å².